The molecule has 0 aromatic rings. The number of ether oxygens (including phenoxy) is 3. The van der Waals surface area contributed by atoms with Gasteiger partial charge < -0.3 is 14.2 Å². The summed E-state index contributed by atoms with van der Waals surface area (Å²) in [5, 5.41) is 0. The highest BCUT2D eigenvalue weighted by Gasteiger charge is 2.19. The van der Waals surface area contributed by atoms with Crippen LogP contribution in [0.25, 0.3) is 0 Å². The monoisotopic (exact) mass is 1100 g/mol. The highest BCUT2D eigenvalue weighted by molar-refractivity contribution is 5.71. The lowest BCUT2D eigenvalue weighted by Crippen LogP contribution is -2.30. The van der Waals surface area contributed by atoms with Crippen molar-refractivity contribution in [1.82, 2.24) is 0 Å². The molecule has 444 valence electrons. The van der Waals surface area contributed by atoms with Crippen LogP contribution in [-0.4, -0.2) is 37.2 Å². The third-order valence-corrected chi connectivity index (χ3v) is 12.3. The van der Waals surface area contributed by atoms with Crippen LogP contribution in [0.5, 0.6) is 0 Å². The molecule has 0 N–H and O–H groups in total. The van der Waals surface area contributed by atoms with Gasteiger partial charge in [-0.2, -0.15) is 0 Å². The molecule has 1 atom stereocenters. The summed E-state index contributed by atoms with van der Waals surface area (Å²) in [5.74, 6) is -1.08. The van der Waals surface area contributed by atoms with E-state index in [2.05, 4.69) is 215 Å². The summed E-state index contributed by atoms with van der Waals surface area (Å²) in [4.78, 5) is 38.2. The van der Waals surface area contributed by atoms with Crippen LogP contribution in [0.1, 0.15) is 233 Å². The average molecular weight is 1100 g/mol. The van der Waals surface area contributed by atoms with Gasteiger partial charge in [-0.05, 0) is 154 Å². The summed E-state index contributed by atoms with van der Waals surface area (Å²) < 4.78 is 16.8. The van der Waals surface area contributed by atoms with E-state index in [0.717, 1.165) is 148 Å². The third-order valence-electron chi connectivity index (χ3n) is 12.3. The van der Waals surface area contributed by atoms with E-state index in [-0.39, 0.29) is 38.0 Å². The summed E-state index contributed by atoms with van der Waals surface area (Å²) in [7, 11) is 0. The Hall–Kier alpha value is -5.75. The number of allylic oxidation sites excluding steroid dienone is 32. The molecule has 0 aliphatic carbocycles. The van der Waals surface area contributed by atoms with E-state index >= 15 is 0 Å². The molecule has 0 bridgehead atoms. The minimum Gasteiger partial charge on any atom is -0.462 e. The molecule has 0 saturated heterocycles. The van der Waals surface area contributed by atoms with Gasteiger partial charge in [-0.3, -0.25) is 14.4 Å². The zero-order valence-electron chi connectivity index (χ0n) is 50.8. The van der Waals surface area contributed by atoms with Gasteiger partial charge >= 0.3 is 17.9 Å². The van der Waals surface area contributed by atoms with Crippen molar-refractivity contribution in [2.75, 3.05) is 13.2 Å². The summed E-state index contributed by atoms with van der Waals surface area (Å²) >= 11 is 0. The lowest BCUT2D eigenvalue weighted by molar-refractivity contribution is -0.167. The van der Waals surface area contributed by atoms with Crippen molar-refractivity contribution >= 4 is 17.9 Å². The van der Waals surface area contributed by atoms with Gasteiger partial charge in [-0.15, -0.1) is 0 Å². The Labute approximate surface area is 490 Å². The highest BCUT2D eigenvalue weighted by Crippen LogP contribution is 2.11. The van der Waals surface area contributed by atoms with Crippen molar-refractivity contribution in [2.24, 2.45) is 0 Å². The smallest absolute Gasteiger partial charge is 0.306 e. The van der Waals surface area contributed by atoms with Gasteiger partial charge in [0.05, 0.1) is 0 Å². The lowest BCUT2D eigenvalue weighted by atomic mass is 10.1. The first-order valence-corrected chi connectivity index (χ1v) is 31.4. The normalized spacial score (nSPS) is 13.5. The fourth-order valence-electron chi connectivity index (χ4n) is 7.68. The molecule has 0 aliphatic heterocycles. The fourth-order valence-corrected chi connectivity index (χ4v) is 7.68. The molecule has 0 radical (unpaired) electrons. The SMILES string of the molecule is CC/C=C\C/C=C\C/C=C\C/C=C\C/C=C\C/C=C\C/C=C\C/C=C\C/C=C\CCCC(=O)OCC(COC(=O)CCCCCCC/C=C\C/C=C\CCCCCC)OC(=O)CCC/C=C\C/C=C\C/C=C\C/C=C\C/C=C\CC. The molecular formula is C74H112O6. The van der Waals surface area contributed by atoms with E-state index in [9.17, 15) is 14.4 Å². The maximum Gasteiger partial charge on any atom is 0.306 e. The van der Waals surface area contributed by atoms with Gasteiger partial charge in [0, 0.05) is 19.3 Å². The number of unbranched alkanes of at least 4 members (excludes halogenated alkanes) is 11. The number of hydrogen-bond acceptors (Lipinski definition) is 6. The first-order valence-electron chi connectivity index (χ1n) is 31.4. The predicted molar refractivity (Wildman–Crippen MR) is 347 cm³/mol. The Balaban J connectivity index is 4.58. The molecule has 0 spiro atoms. The van der Waals surface area contributed by atoms with Crippen LogP contribution in [0.3, 0.4) is 0 Å². The van der Waals surface area contributed by atoms with Gasteiger partial charge in [0.15, 0.2) is 6.10 Å². The molecule has 0 aromatic carbocycles. The fraction of sp³-hybridized carbons (Fsp3) is 0.527. The molecule has 0 heterocycles. The van der Waals surface area contributed by atoms with Gasteiger partial charge in [-0.1, -0.05) is 254 Å². The number of hydrogen-bond donors (Lipinski definition) is 0. The number of esters is 3. The largest absolute Gasteiger partial charge is 0.462 e. The van der Waals surface area contributed by atoms with Crippen molar-refractivity contribution < 1.29 is 28.6 Å². The second-order valence-electron chi connectivity index (χ2n) is 19.8. The minimum absolute atomic E-state index is 0.136. The van der Waals surface area contributed by atoms with E-state index in [4.69, 9.17) is 14.2 Å². The van der Waals surface area contributed by atoms with Crippen molar-refractivity contribution in [3.05, 3.63) is 194 Å². The molecule has 0 amide bonds. The average Bonchev–Trinajstić information content (AvgIpc) is 3.46. The first-order chi connectivity index (χ1) is 39.5. The molecule has 6 heteroatoms. The molecule has 0 aromatic heterocycles. The molecule has 6 nitrogen and oxygen atoms in total. The van der Waals surface area contributed by atoms with E-state index in [0.29, 0.717) is 19.3 Å². The zero-order valence-corrected chi connectivity index (χ0v) is 50.8. The Morgan fingerprint density at radius 2 is 0.500 bits per heavy atom. The Bertz CT molecular complexity index is 1930. The van der Waals surface area contributed by atoms with Crippen LogP contribution in [0.2, 0.25) is 0 Å². The summed E-state index contributed by atoms with van der Waals surface area (Å²) in [5.41, 5.74) is 0. The maximum absolute atomic E-state index is 12.9. The Kier molecular flexibility index (Phi) is 61.0. The molecular weight excluding hydrogens is 985 g/mol. The molecule has 0 saturated carbocycles. The van der Waals surface area contributed by atoms with Crippen LogP contribution < -0.4 is 0 Å². The van der Waals surface area contributed by atoms with Crippen LogP contribution in [0.4, 0.5) is 0 Å². The lowest BCUT2D eigenvalue weighted by Gasteiger charge is -2.18. The van der Waals surface area contributed by atoms with E-state index in [1.165, 1.54) is 32.1 Å². The van der Waals surface area contributed by atoms with Crippen LogP contribution >= 0.6 is 0 Å². The van der Waals surface area contributed by atoms with Crippen molar-refractivity contribution in [2.45, 2.75) is 239 Å². The van der Waals surface area contributed by atoms with Crippen LogP contribution in [0, 0.1) is 0 Å². The van der Waals surface area contributed by atoms with E-state index in [1.807, 2.05) is 0 Å². The van der Waals surface area contributed by atoms with Crippen molar-refractivity contribution in [3.8, 4) is 0 Å². The van der Waals surface area contributed by atoms with Crippen LogP contribution in [0.15, 0.2) is 194 Å². The third kappa shape index (κ3) is 63.1. The molecule has 0 fully saturated rings. The summed E-state index contributed by atoms with van der Waals surface area (Å²) in [6.45, 7) is 6.27. The molecule has 1 unspecified atom stereocenters. The van der Waals surface area contributed by atoms with Gasteiger partial charge in [0.2, 0.25) is 0 Å². The van der Waals surface area contributed by atoms with Gasteiger partial charge in [0.25, 0.3) is 0 Å². The van der Waals surface area contributed by atoms with E-state index in [1.54, 1.807) is 0 Å². The van der Waals surface area contributed by atoms with Gasteiger partial charge in [-0.25, -0.2) is 0 Å². The quantitative estimate of drug-likeness (QED) is 0.0261. The Morgan fingerprint density at radius 3 is 0.812 bits per heavy atom. The molecule has 0 rings (SSSR count). The van der Waals surface area contributed by atoms with Crippen LogP contribution in [-0.2, 0) is 28.6 Å². The number of rotatable bonds is 54. The standard InChI is InChI=1S/C74H112O6/c1-4-7-10-13-16-19-22-25-28-31-32-33-34-35-36-37-38-39-40-41-42-44-46-49-52-55-58-61-64-67-73(76)79-70-71(69-78-72(75)66-63-60-57-54-51-48-45-30-27-24-21-18-15-12-9-6-3)80-74(77)68-65-62-59-56-53-50-47-43-29-26-23-20-17-14-11-8-5-2/h7-8,10-11,16-17,19-21,24-26,28-30,32-33,35-36,38-39,41-42,45-47,49-50,55-56,58-59,71H,4-6,9,12-15,18,22-23,27,31,34,37,40,43-44,48,51-54,57,60-70H2,1-3H3/b10-7-,11-8-,19-16-,20-17-,24-21-,28-25-,29-26-,33-32-,36-35-,39-38-,42-41-,45-30-,49-46-,50-47-,58-55-,59-56-. The van der Waals surface area contributed by atoms with E-state index < -0.39 is 12.1 Å². The zero-order chi connectivity index (χ0) is 57.8. The Morgan fingerprint density at radius 1 is 0.263 bits per heavy atom. The second kappa shape index (κ2) is 65.8. The number of carbonyl (C=O) groups is 3. The van der Waals surface area contributed by atoms with Gasteiger partial charge in [0.1, 0.15) is 13.2 Å². The first kappa shape index (κ1) is 74.2. The number of carbonyl (C=O) groups excluding carboxylic acids is 3. The molecule has 80 heavy (non-hydrogen) atoms. The topological polar surface area (TPSA) is 78.9 Å². The summed E-state index contributed by atoms with van der Waals surface area (Å²) in [6, 6.07) is 0. The minimum atomic E-state index is -0.850. The summed E-state index contributed by atoms with van der Waals surface area (Å²) in [6.07, 6.45) is 100. The van der Waals surface area contributed by atoms with Crippen molar-refractivity contribution in [3.63, 3.8) is 0 Å². The highest BCUT2D eigenvalue weighted by atomic mass is 16.6. The molecule has 0 aliphatic rings. The van der Waals surface area contributed by atoms with Crippen molar-refractivity contribution in [1.29, 1.82) is 0 Å². The predicted octanol–water partition coefficient (Wildman–Crippen LogP) is 21.8. The second-order valence-corrected chi connectivity index (χ2v) is 19.8. The maximum atomic E-state index is 12.9.